The van der Waals surface area contributed by atoms with Crippen molar-refractivity contribution in [2.75, 3.05) is 14.2 Å². The van der Waals surface area contributed by atoms with Crippen LogP contribution in [0.2, 0.25) is 5.02 Å². The lowest BCUT2D eigenvalue weighted by Gasteiger charge is -2.18. The van der Waals surface area contributed by atoms with Gasteiger partial charge in [-0.3, -0.25) is 0 Å². The molecule has 0 aliphatic rings. The van der Waals surface area contributed by atoms with Crippen LogP contribution in [-0.2, 0) is 0 Å². The molecule has 2 aromatic carbocycles. The smallest absolute Gasteiger partial charge is 0.493 e. The zero-order chi connectivity index (χ0) is 17.9. The first kappa shape index (κ1) is 18.2. The van der Waals surface area contributed by atoms with Crippen molar-refractivity contribution in [3.63, 3.8) is 0 Å². The van der Waals surface area contributed by atoms with E-state index in [9.17, 15) is 13.2 Å². The van der Waals surface area contributed by atoms with E-state index in [2.05, 4.69) is 4.74 Å². The SMILES string of the molecule is COc1ccc([C@@H](N)c2ccc(OC(F)(F)F)cc2)c(Cl)c1OC. The zero-order valence-electron chi connectivity index (χ0n) is 12.9. The number of rotatable bonds is 5. The lowest BCUT2D eigenvalue weighted by atomic mass is 9.99. The number of nitrogens with two attached hydrogens (primary N) is 1. The summed E-state index contributed by atoms with van der Waals surface area (Å²) in [5.41, 5.74) is 7.29. The highest BCUT2D eigenvalue weighted by Gasteiger charge is 2.31. The van der Waals surface area contributed by atoms with Crippen molar-refractivity contribution in [1.82, 2.24) is 0 Å². The number of alkyl halides is 3. The van der Waals surface area contributed by atoms with Crippen LogP contribution in [0.3, 0.4) is 0 Å². The minimum atomic E-state index is -4.74. The molecule has 0 heterocycles. The van der Waals surface area contributed by atoms with Gasteiger partial charge < -0.3 is 19.9 Å². The number of methoxy groups -OCH3 is 2. The molecule has 0 amide bonds. The third kappa shape index (κ3) is 4.04. The third-order valence-corrected chi connectivity index (χ3v) is 3.71. The molecule has 0 fully saturated rings. The maximum atomic E-state index is 12.2. The molecule has 2 N–H and O–H groups in total. The van der Waals surface area contributed by atoms with Gasteiger partial charge in [0.2, 0.25) is 0 Å². The highest BCUT2D eigenvalue weighted by molar-refractivity contribution is 6.33. The number of hydrogen-bond acceptors (Lipinski definition) is 4. The summed E-state index contributed by atoms with van der Waals surface area (Å²) in [4.78, 5) is 0. The Hall–Kier alpha value is -2.12. The fourth-order valence-corrected chi connectivity index (χ4v) is 2.55. The molecule has 2 rings (SSSR count). The molecule has 24 heavy (non-hydrogen) atoms. The Morgan fingerprint density at radius 3 is 2.12 bits per heavy atom. The van der Waals surface area contributed by atoms with Crippen molar-refractivity contribution in [2.45, 2.75) is 12.4 Å². The molecule has 0 aliphatic carbocycles. The van der Waals surface area contributed by atoms with Crippen LogP contribution >= 0.6 is 11.6 Å². The molecule has 0 bridgehead atoms. The summed E-state index contributed by atoms with van der Waals surface area (Å²) < 4.78 is 50.7. The van der Waals surface area contributed by atoms with Crippen molar-refractivity contribution >= 4 is 11.6 Å². The molecule has 0 saturated heterocycles. The van der Waals surface area contributed by atoms with Gasteiger partial charge in [0.15, 0.2) is 11.5 Å². The maximum absolute atomic E-state index is 12.2. The Labute approximate surface area is 141 Å². The van der Waals surface area contributed by atoms with E-state index in [-0.39, 0.29) is 10.8 Å². The number of hydrogen-bond donors (Lipinski definition) is 1. The summed E-state index contributed by atoms with van der Waals surface area (Å²) in [5, 5.41) is 0.278. The van der Waals surface area contributed by atoms with E-state index in [4.69, 9.17) is 26.8 Å². The minimum Gasteiger partial charge on any atom is -0.493 e. The average molecular weight is 362 g/mol. The van der Waals surface area contributed by atoms with Crippen LogP contribution in [0.5, 0.6) is 17.2 Å². The molecule has 4 nitrogen and oxygen atoms in total. The van der Waals surface area contributed by atoms with E-state index in [1.54, 1.807) is 12.1 Å². The molecule has 1 atom stereocenters. The monoisotopic (exact) mass is 361 g/mol. The fourth-order valence-electron chi connectivity index (χ4n) is 2.20. The van der Waals surface area contributed by atoms with Gasteiger partial charge in [-0.25, -0.2) is 0 Å². The predicted octanol–water partition coefficient (Wildman–Crippen LogP) is 4.30. The van der Waals surface area contributed by atoms with Gasteiger partial charge in [-0.2, -0.15) is 0 Å². The molecular weight excluding hydrogens is 347 g/mol. The normalized spacial score (nSPS) is 12.6. The quantitative estimate of drug-likeness (QED) is 0.862. The summed E-state index contributed by atoms with van der Waals surface area (Å²) in [6.45, 7) is 0. The van der Waals surface area contributed by atoms with Crippen molar-refractivity contribution in [3.05, 3.63) is 52.5 Å². The lowest BCUT2D eigenvalue weighted by molar-refractivity contribution is -0.274. The summed E-state index contributed by atoms with van der Waals surface area (Å²) in [7, 11) is 2.93. The minimum absolute atomic E-state index is 0.278. The van der Waals surface area contributed by atoms with Crippen LogP contribution in [0, 0.1) is 0 Å². The first-order valence-corrected chi connectivity index (χ1v) is 7.16. The number of halogens is 4. The molecular formula is C16H15ClF3NO3. The van der Waals surface area contributed by atoms with Gasteiger partial charge in [0.1, 0.15) is 5.75 Å². The Morgan fingerprint density at radius 1 is 1.00 bits per heavy atom. The van der Waals surface area contributed by atoms with E-state index in [0.717, 1.165) is 0 Å². The van der Waals surface area contributed by atoms with Crippen molar-refractivity contribution in [3.8, 4) is 17.2 Å². The van der Waals surface area contributed by atoms with Crippen LogP contribution in [0.15, 0.2) is 36.4 Å². The molecule has 0 aromatic heterocycles. The van der Waals surface area contributed by atoms with Crippen LogP contribution in [0.25, 0.3) is 0 Å². The molecule has 0 unspecified atom stereocenters. The fraction of sp³-hybridized carbons (Fsp3) is 0.250. The van der Waals surface area contributed by atoms with E-state index in [0.29, 0.717) is 22.6 Å². The Morgan fingerprint density at radius 2 is 1.62 bits per heavy atom. The Kier molecular flexibility index (Phi) is 5.46. The van der Waals surface area contributed by atoms with Crippen molar-refractivity contribution < 1.29 is 27.4 Å². The van der Waals surface area contributed by atoms with E-state index in [1.165, 1.54) is 38.5 Å². The highest BCUT2D eigenvalue weighted by Crippen LogP contribution is 2.40. The van der Waals surface area contributed by atoms with Crippen LogP contribution in [0.4, 0.5) is 13.2 Å². The summed E-state index contributed by atoms with van der Waals surface area (Å²) in [5.74, 6) is 0.466. The van der Waals surface area contributed by atoms with Gasteiger partial charge in [0, 0.05) is 0 Å². The molecule has 130 valence electrons. The second-order valence-corrected chi connectivity index (χ2v) is 5.18. The van der Waals surface area contributed by atoms with Crippen LogP contribution in [0.1, 0.15) is 17.2 Å². The first-order valence-electron chi connectivity index (χ1n) is 6.78. The van der Waals surface area contributed by atoms with Crippen LogP contribution < -0.4 is 19.9 Å². The van der Waals surface area contributed by atoms with E-state index < -0.39 is 12.4 Å². The topological polar surface area (TPSA) is 53.7 Å². The van der Waals surface area contributed by atoms with Gasteiger partial charge in [-0.15, -0.1) is 13.2 Å². The molecule has 2 aromatic rings. The second-order valence-electron chi connectivity index (χ2n) is 4.80. The average Bonchev–Trinajstić information content (AvgIpc) is 2.53. The summed E-state index contributed by atoms with van der Waals surface area (Å²) in [6.07, 6.45) is -4.74. The van der Waals surface area contributed by atoms with Crippen molar-refractivity contribution in [2.24, 2.45) is 5.73 Å². The highest BCUT2D eigenvalue weighted by atomic mass is 35.5. The molecule has 8 heteroatoms. The molecule has 0 spiro atoms. The zero-order valence-corrected chi connectivity index (χ0v) is 13.6. The van der Waals surface area contributed by atoms with Gasteiger partial charge in [0.25, 0.3) is 0 Å². The first-order chi connectivity index (χ1) is 11.3. The lowest BCUT2D eigenvalue weighted by Crippen LogP contribution is -2.17. The second kappa shape index (κ2) is 7.19. The number of ether oxygens (including phenoxy) is 3. The van der Waals surface area contributed by atoms with Gasteiger partial charge in [-0.05, 0) is 29.3 Å². The predicted molar refractivity (Wildman–Crippen MR) is 83.7 cm³/mol. The standard InChI is InChI=1S/C16H15ClF3NO3/c1-22-12-8-7-11(13(17)15(12)23-2)14(21)9-3-5-10(6-4-9)24-16(18,19)20/h3-8,14H,21H2,1-2H3/t14-/m0/s1. The largest absolute Gasteiger partial charge is 0.573 e. The molecule has 0 saturated carbocycles. The van der Waals surface area contributed by atoms with Crippen molar-refractivity contribution in [1.29, 1.82) is 0 Å². The van der Waals surface area contributed by atoms with E-state index >= 15 is 0 Å². The van der Waals surface area contributed by atoms with E-state index in [1.807, 2.05) is 0 Å². The molecule has 0 radical (unpaired) electrons. The molecule has 0 aliphatic heterocycles. The third-order valence-electron chi connectivity index (χ3n) is 3.32. The Bertz CT molecular complexity index is 705. The van der Waals surface area contributed by atoms with Gasteiger partial charge in [-0.1, -0.05) is 29.8 Å². The number of benzene rings is 2. The summed E-state index contributed by atoms with van der Waals surface area (Å²) >= 11 is 6.30. The maximum Gasteiger partial charge on any atom is 0.573 e. The van der Waals surface area contributed by atoms with Gasteiger partial charge >= 0.3 is 6.36 Å². The van der Waals surface area contributed by atoms with Gasteiger partial charge in [0.05, 0.1) is 25.3 Å². The Balaban J connectivity index is 2.30. The van der Waals surface area contributed by atoms with Crippen LogP contribution in [-0.4, -0.2) is 20.6 Å². The summed E-state index contributed by atoms with van der Waals surface area (Å²) in [6, 6.07) is 7.94.